The fourth-order valence-electron chi connectivity index (χ4n) is 3.07. The van der Waals surface area contributed by atoms with Crippen molar-refractivity contribution in [1.29, 1.82) is 0 Å². The van der Waals surface area contributed by atoms with Crippen LogP contribution in [-0.4, -0.2) is 17.1 Å². The third-order valence-corrected chi connectivity index (χ3v) is 4.63. The predicted octanol–water partition coefficient (Wildman–Crippen LogP) is 5.02. The van der Waals surface area contributed by atoms with Crippen molar-refractivity contribution in [2.75, 3.05) is 12.4 Å². The summed E-state index contributed by atoms with van der Waals surface area (Å²) < 4.78 is 18.4. The predicted molar refractivity (Wildman–Crippen MR) is 108 cm³/mol. The van der Waals surface area contributed by atoms with E-state index in [1.807, 2.05) is 24.3 Å². The molecule has 7 heteroatoms. The van der Waals surface area contributed by atoms with Gasteiger partial charge >= 0.3 is 0 Å². The first kappa shape index (κ1) is 20.3. The molecule has 2 atom stereocenters. The molecule has 0 aliphatic heterocycles. The summed E-state index contributed by atoms with van der Waals surface area (Å²) in [6.07, 6.45) is -0.574. The van der Waals surface area contributed by atoms with Crippen molar-refractivity contribution in [3.05, 3.63) is 99.9 Å². The number of halogens is 1. The molecule has 0 radical (unpaired) electrons. The van der Waals surface area contributed by atoms with Crippen LogP contribution >= 0.6 is 0 Å². The highest BCUT2D eigenvalue weighted by molar-refractivity contribution is 5.52. The van der Waals surface area contributed by atoms with Gasteiger partial charge < -0.3 is 15.2 Å². The molecule has 150 valence electrons. The minimum atomic E-state index is -0.853. The Morgan fingerprint density at radius 1 is 1.07 bits per heavy atom. The molecule has 0 aromatic heterocycles. The number of benzene rings is 3. The number of nitro benzene ring substituents is 1. The van der Waals surface area contributed by atoms with Gasteiger partial charge in [-0.25, -0.2) is 4.39 Å². The number of nitro groups is 1. The minimum Gasteiger partial charge on any atom is -0.497 e. The van der Waals surface area contributed by atoms with Crippen molar-refractivity contribution < 1.29 is 19.2 Å². The van der Waals surface area contributed by atoms with Gasteiger partial charge in [-0.15, -0.1) is 0 Å². The fraction of sp³-hybridized carbons (Fsp3) is 0.182. The molecule has 0 aliphatic carbocycles. The van der Waals surface area contributed by atoms with E-state index >= 15 is 0 Å². The number of aliphatic hydroxyl groups is 1. The molecule has 6 nitrogen and oxygen atoms in total. The molecule has 0 amide bonds. The van der Waals surface area contributed by atoms with Crippen LogP contribution in [0.15, 0.2) is 72.8 Å². The molecule has 2 unspecified atom stereocenters. The van der Waals surface area contributed by atoms with E-state index in [1.165, 1.54) is 24.3 Å². The molecular weight excluding hydrogens is 375 g/mol. The quantitative estimate of drug-likeness (QED) is 0.413. The molecule has 29 heavy (non-hydrogen) atoms. The largest absolute Gasteiger partial charge is 0.497 e. The van der Waals surface area contributed by atoms with Crippen LogP contribution < -0.4 is 10.1 Å². The Labute approximate surface area is 167 Å². The van der Waals surface area contributed by atoms with E-state index in [9.17, 15) is 19.6 Å². The number of hydrogen-bond donors (Lipinski definition) is 2. The van der Waals surface area contributed by atoms with Crippen molar-refractivity contribution in [2.24, 2.45) is 0 Å². The lowest BCUT2D eigenvalue weighted by atomic mass is 9.96. The first-order chi connectivity index (χ1) is 14.0. The topological polar surface area (TPSA) is 84.6 Å². The molecule has 3 rings (SSSR count). The molecule has 0 fully saturated rings. The first-order valence-electron chi connectivity index (χ1n) is 9.04. The normalized spacial score (nSPS) is 12.8. The summed E-state index contributed by atoms with van der Waals surface area (Å²) in [6, 6.07) is 18.9. The summed E-state index contributed by atoms with van der Waals surface area (Å²) in [5.74, 6) is 0.323. The number of rotatable bonds is 8. The van der Waals surface area contributed by atoms with Gasteiger partial charge in [-0.1, -0.05) is 30.3 Å². The summed E-state index contributed by atoms with van der Waals surface area (Å²) in [6.45, 7) is 0. The van der Waals surface area contributed by atoms with E-state index in [2.05, 4.69) is 5.32 Å². The van der Waals surface area contributed by atoms with E-state index in [-0.39, 0.29) is 24.0 Å². The van der Waals surface area contributed by atoms with Crippen molar-refractivity contribution in [3.8, 4) is 5.75 Å². The highest BCUT2D eigenvalue weighted by Crippen LogP contribution is 2.31. The smallest absolute Gasteiger partial charge is 0.271 e. The highest BCUT2D eigenvalue weighted by Gasteiger charge is 2.19. The maximum absolute atomic E-state index is 13.2. The number of hydrogen-bond acceptors (Lipinski definition) is 5. The van der Waals surface area contributed by atoms with Crippen molar-refractivity contribution in [2.45, 2.75) is 18.6 Å². The van der Waals surface area contributed by atoms with E-state index in [1.54, 1.807) is 31.4 Å². The molecule has 0 spiro atoms. The lowest BCUT2D eigenvalue weighted by Gasteiger charge is -2.24. The first-order valence-corrected chi connectivity index (χ1v) is 9.04. The Bertz CT molecular complexity index is 961. The van der Waals surface area contributed by atoms with Crippen LogP contribution in [0.1, 0.15) is 29.7 Å². The zero-order chi connectivity index (χ0) is 20.8. The number of nitrogens with one attached hydrogen (secondary N) is 1. The number of methoxy groups -OCH3 is 1. The van der Waals surface area contributed by atoms with Gasteiger partial charge in [0.25, 0.3) is 5.69 Å². The summed E-state index contributed by atoms with van der Waals surface area (Å²) in [4.78, 5) is 10.6. The third kappa shape index (κ3) is 5.30. The third-order valence-electron chi connectivity index (χ3n) is 4.63. The van der Waals surface area contributed by atoms with Crippen LogP contribution in [0.5, 0.6) is 5.75 Å². The highest BCUT2D eigenvalue weighted by atomic mass is 19.1. The second-order valence-corrected chi connectivity index (χ2v) is 6.58. The number of anilines is 1. The lowest BCUT2D eigenvalue weighted by Crippen LogP contribution is -2.15. The van der Waals surface area contributed by atoms with Gasteiger partial charge in [-0.3, -0.25) is 10.1 Å². The molecule has 3 aromatic carbocycles. The molecule has 3 aromatic rings. The van der Waals surface area contributed by atoms with E-state index < -0.39 is 11.0 Å². The molecule has 0 aliphatic rings. The molecule has 0 heterocycles. The Morgan fingerprint density at radius 3 is 2.34 bits per heavy atom. The van der Waals surface area contributed by atoms with Crippen LogP contribution in [0.4, 0.5) is 15.8 Å². The zero-order valence-corrected chi connectivity index (χ0v) is 15.8. The van der Waals surface area contributed by atoms with Crippen molar-refractivity contribution in [3.63, 3.8) is 0 Å². The van der Waals surface area contributed by atoms with Crippen LogP contribution in [0, 0.1) is 15.9 Å². The van der Waals surface area contributed by atoms with E-state index in [0.29, 0.717) is 17.0 Å². The van der Waals surface area contributed by atoms with E-state index in [4.69, 9.17) is 4.74 Å². The Kier molecular flexibility index (Phi) is 6.41. The van der Waals surface area contributed by atoms with Gasteiger partial charge in [0.1, 0.15) is 11.6 Å². The number of nitrogens with zero attached hydrogens (tertiary/aromatic N) is 1. The second kappa shape index (κ2) is 9.16. The monoisotopic (exact) mass is 396 g/mol. The van der Waals surface area contributed by atoms with Gasteiger partial charge in [0, 0.05) is 24.2 Å². The van der Waals surface area contributed by atoms with Crippen LogP contribution in [-0.2, 0) is 0 Å². The van der Waals surface area contributed by atoms with Crippen LogP contribution in [0.25, 0.3) is 0 Å². The average molecular weight is 396 g/mol. The Morgan fingerprint density at radius 2 is 1.72 bits per heavy atom. The molecule has 0 saturated heterocycles. The maximum atomic E-state index is 13.2. The Hall–Kier alpha value is -3.45. The summed E-state index contributed by atoms with van der Waals surface area (Å²) in [5, 5.41) is 25.0. The van der Waals surface area contributed by atoms with Gasteiger partial charge in [0.05, 0.1) is 24.2 Å². The zero-order valence-electron chi connectivity index (χ0n) is 15.8. The standard InChI is InChI=1S/C22H21FN2O4/c1-29-20-11-7-15(8-12-20)21(14-22(26)16-5-9-17(23)10-6-16)24-18-3-2-4-19(13-18)25(27)28/h2-13,21-22,24,26H,14H2,1H3. The SMILES string of the molecule is COc1ccc(C(CC(O)c2ccc(F)cc2)Nc2cccc([N+](=O)[O-])c2)cc1. The molecule has 2 N–H and O–H groups in total. The molecule has 0 saturated carbocycles. The summed E-state index contributed by atoms with van der Waals surface area (Å²) in [7, 11) is 1.58. The van der Waals surface area contributed by atoms with Crippen molar-refractivity contribution >= 4 is 11.4 Å². The number of aliphatic hydroxyl groups excluding tert-OH is 1. The number of ether oxygens (including phenoxy) is 1. The van der Waals surface area contributed by atoms with Crippen molar-refractivity contribution in [1.82, 2.24) is 0 Å². The Balaban J connectivity index is 1.87. The van der Waals surface area contributed by atoms with Gasteiger partial charge in [0.15, 0.2) is 0 Å². The lowest BCUT2D eigenvalue weighted by molar-refractivity contribution is -0.384. The fourth-order valence-corrected chi connectivity index (χ4v) is 3.07. The summed E-state index contributed by atoms with van der Waals surface area (Å²) in [5.41, 5.74) is 2.00. The average Bonchev–Trinajstić information content (AvgIpc) is 2.74. The second-order valence-electron chi connectivity index (χ2n) is 6.58. The number of non-ortho nitro benzene ring substituents is 1. The minimum absolute atomic E-state index is 0.0254. The van der Waals surface area contributed by atoms with E-state index in [0.717, 1.165) is 5.56 Å². The summed E-state index contributed by atoms with van der Waals surface area (Å²) >= 11 is 0. The van der Waals surface area contributed by atoms with Gasteiger partial charge in [-0.05, 0) is 41.5 Å². The molecular formula is C22H21FN2O4. The van der Waals surface area contributed by atoms with Crippen LogP contribution in [0.2, 0.25) is 0 Å². The van der Waals surface area contributed by atoms with Gasteiger partial charge in [0.2, 0.25) is 0 Å². The van der Waals surface area contributed by atoms with Gasteiger partial charge in [-0.2, -0.15) is 0 Å². The molecule has 0 bridgehead atoms. The maximum Gasteiger partial charge on any atom is 0.271 e. The van der Waals surface area contributed by atoms with Crippen LogP contribution in [0.3, 0.4) is 0 Å².